The summed E-state index contributed by atoms with van der Waals surface area (Å²) in [7, 11) is -4.05. The van der Waals surface area contributed by atoms with E-state index in [2.05, 4.69) is 9.71 Å². The molecule has 0 saturated carbocycles. The summed E-state index contributed by atoms with van der Waals surface area (Å²) in [5.74, 6) is -0.245. The maximum atomic E-state index is 13.5. The van der Waals surface area contributed by atoms with E-state index in [0.29, 0.717) is 41.9 Å². The Morgan fingerprint density at radius 3 is 2.74 bits per heavy atom. The normalized spacial score (nSPS) is 14.0. The van der Waals surface area contributed by atoms with Crippen LogP contribution >= 0.6 is 0 Å². The predicted octanol–water partition coefficient (Wildman–Crippen LogP) is 2.75. The molecule has 0 unspecified atom stereocenters. The summed E-state index contributed by atoms with van der Waals surface area (Å²) >= 11 is 0. The van der Waals surface area contributed by atoms with E-state index in [4.69, 9.17) is 10.5 Å². The molecule has 1 amide bonds. The average molecular weight is 492 g/mol. The number of hydrogen-bond acceptors (Lipinski definition) is 5. The number of H-pyrrole nitrogens is 1. The number of carbonyl (C=O) groups excluding carboxylic acids is 1. The highest BCUT2D eigenvalue weighted by atomic mass is 32.2. The Kier molecular flexibility index (Phi) is 6.06. The van der Waals surface area contributed by atoms with Gasteiger partial charge in [-0.1, -0.05) is 30.3 Å². The van der Waals surface area contributed by atoms with Gasteiger partial charge in [0.2, 0.25) is 15.9 Å². The molecule has 0 radical (unpaired) electrons. The molecule has 35 heavy (non-hydrogen) atoms. The van der Waals surface area contributed by atoms with Crippen molar-refractivity contribution in [2.75, 3.05) is 13.2 Å². The van der Waals surface area contributed by atoms with E-state index in [-0.39, 0.29) is 11.5 Å². The van der Waals surface area contributed by atoms with Crippen molar-refractivity contribution in [1.29, 1.82) is 0 Å². The highest BCUT2D eigenvalue weighted by Crippen LogP contribution is 2.37. The van der Waals surface area contributed by atoms with Gasteiger partial charge in [-0.15, -0.1) is 0 Å². The molecule has 0 bridgehead atoms. The van der Waals surface area contributed by atoms with Crippen LogP contribution in [-0.4, -0.2) is 43.7 Å². The Labute approximate surface area is 202 Å². The lowest BCUT2D eigenvalue weighted by atomic mass is 10.00. The van der Waals surface area contributed by atoms with Crippen molar-refractivity contribution in [2.45, 2.75) is 23.8 Å². The molecule has 180 valence electrons. The molecule has 2 heterocycles. The highest BCUT2D eigenvalue weighted by molar-refractivity contribution is 7.89. The zero-order valence-electron chi connectivity index (χ0n) is 18.8. The molecule has 3 aromatic carbocycles. The molecule has 9 heteroatoms. The van der Waals surface area contributed by atoms with E-state index < -0.39 is 22.0 Å². The van der Waals surface area contributed by atoms with Gasteiger partial charge in [-0.05, 0) is 59.0 Å². The van der Waals surface area contributed by atoms with Gasteiger partial charge in [0.25, 0.3) is 0 Å². The number of aromatic amines is 1. The predicted molar refractivity (Wildman–Crippen MR) is 133 cm³/mol. The van der Waals surface area contributed by atoms with Crippen molar-refractivity contribution in [1.82, 2.24) is 9.71 Å². The largest absolute Gasteiger partial charge is 0.492 e. The summed E-state index contributed by atoms with van der Waals surface area (Å²) in [6.45, 7) is 0.00350. The number of fused-ring (bicyclic) bond motifs is 2. The van der Waals surface area contributed by atoms with Crippen molar-refractivity contribution in [2.24, 2.45) is 5.73 Å². The number of carbonyl (C=O) groups is 1. The monoisotopic (exact) mass is 491 g/mol. The molecule has 0 fully saturated rings. The minimum Gasteiger partial charge on any atom is -0.492 e. The summed E-state index contributed by atoms with van der Waals surface area (Å²) in [4.78, 5) is 14.8. The van der Waals surface area contributed by atoms with Gasteiger partial charge in [-0.25, -0.2) is 13.1 Å². The summed E-state index contributed by atoms with van der Waals surface area (Å²) in [5.41, 5.74) is 9.67. The Hall–Kier alpha value is -3.66. The molecule has 0 spiro atoms. The van der Waals surface area contributed by atoms with Gasteiger partial charge in [0.15, 0.2) is 0 Å². The molecule has 1 atom stereocenters. The van der Waals surface area contributed by atoms with Crippen LogP contribution in [0.3, 0.4) is 0 Å². The molecular formula is C26H25N3O5S. The van der Waals surface area contributed by atoms with Crippen molar-refractivity contribution in [3.63, 3.8) is 0 Å². The van der Waals surface area contributed by atoms with Gasteiger partial charge in [0.05, 0.1) is 13.2 Å². The van der Waals surface area contributed by atoms with E-state index in [1.807, 2.05) is 36.5 Å². The fraction of sp³-hybridized carbons (Fsp3) is 0.192. The van der Waals surface area contributed by atoms with Gasteiger partial charge in [0.1, 0.15) is 10.6 Å². The number of nitrogens with one attached hydrogen (secondary N) is 2. The van der Waals surface area contributed by atoms with Crippen LogP contribution in [0.4, 0.5) is 0 Å². The number of aromatic nitrogens is 1. The smallest absolute Gasteiger partial charge is 0.248 e. The number of nitrogens with two attached hydrogens (primary N) is 1. The molecule has 0 aliphatic carbocycles. The lowest BCUT2D eigenvalue weighted by molar-refractivity contribution is 0.100. The fourth-order valence-corrected chi connectivity index (χ4v) is 5.92. The van der Waals surface area contributed by atoms with Crippen LogP contribution in [0.25, 0.3) is 22.0 Å². The second-order valence-corrected chi connectivity index (χ2v) is 10.3. The minimum atomic E-state index is -4.05. The number of para-hydroxylation sites is 1. The second-order valence-electron chi connectivity index (χ2n) is 8.57. The van der Waals surface area contributed by atoms with Crippen LogP contribution < -0.4 is 15.2 Å². The molecule has 5 rings (SSSR count). The summed E-state index contributed by atoms with van der Waals surface area (Å²) < 4.78 is 35.4. The van der Waals surface area contributed by atoms with Crippen molar-refractivity contribution >= 4 is 26.8 Å². The maximum Gasteiger partial charge on any atom is 0.248 e. The zero-order chi connectivity index (χ0) is 24.6. The molecule has 1 aliphatic heterocycles. The SMILES string of the molecule is NC(=O)c1cccc(-c2cc3c(c(S(=O)(=O)N[C@@H](CO)Cc4c[nH]c5ccccc45)c2)OCC3)c1. The number of primary amides is 1. The summed E-state index contributed by atoms with van der Waals surface area (Å²) in [5, 5.41) is 11.0. The topological polar surface area (TPSA) is 135 Å². The van der Waals surface area contributed by atoms with Crippen molar-refractivity contribution < 1.29 is 23.1 Å². The first kappa shape index (κ1) is 23.1. The van der Waals surface area contributed by atoms with E-state index >= 15 is 0 Å². The van der Waals surface area contributed by atoms with Crippen molar-refractivity contribution in [3.05, 3.63) is 83.6 Å². The molecule has 1 aliphatic rings. The molecular weight excluding hydrogens is 466 g/mol. The molecule has 5 N–H and O–H groups in total. The van der Waals surface area contributed by atoms with E-state index in [1.54, 1.807) is 24.3 Å². The fourth-order valence-electron chi connectivity index (χ4n) is 4.48. The molecule has 4 aromatic rings. The van der Waals surface area contributed by atoms with Gasteiger partial charge in [-0.2, -0.15) is 0 Å². The van der Waals surface area contributed by atoms with Crippen LogP contribution in [-0.2, 0) is 22.9 Å². The Morgan fingerprint density at radius 1 is 1.11 bits per heavy atom. The minimum absolute atomic E-state index is 0.00403. The number of amides is 1. The second kappa shape index (κ2) is 9.18. The first-order chi connectivity index (χ1) is 16.9. The summed E-state index contributed by atoms with van der Waals surface area (Å²) in [6.07, 6.45) is 2.71. The Morgan fingerprint density at radius 2 is 1.94 bits per heavy atom. The lowest BCUT2D eigenvalue weighted by Crippen LogP contribution is -2.39. The van der Waals surface area contributed by atoms with E-state index in [1.165, 1.54) is 6.07 Å². The zero-order valence-corrected chi connectivity index (χ0v) is 19.6. The standard InChI is InChI=1S/C26H25N3O5S/c27-26(31)18-5-3-4-16(10-18)19-11-17-8-9-34-25(17)24(13-19)35(32,33)29-21(15-30)12-20-14-28-23-7-2-1-6-22(20)23/h1-7,10-11,13-14,21,28-30H,8-9,12,15H2,(H2,27,31)/t21-/m1/s1. The number of hydrogen-bond donors (Lipinski definition) is 4. The molecule has 0 saturated heterocycles. The average Bonchev–Trinajstić information content (AvgIpc) is 3.50. The first-order valence-electron chi connectivity index (χ1n) is 11.2. The number of aliphatic hydroxyl groups excluding tert-OH is 1. The van der Waals surface area contributed by atoms with Crippen LogP contribution in [0.1, 0.15) is 21.5 Å². The maximum absolute atomic E-state index is 13.5. The van der Waals surface area contributed by atoms with E-state index in [9.17, 15) is 18.3 Å². The van der Waals surface area contributed by atoms with Gasteiger partial charge >= 0.3 is 0 Å². The number of aliphatic hydroxyl groups is 1. The first-order valence-corrected chi connectivity index (χ1v) is 12.7. The number of ether oxygens (including phenoxy) is 1. The number of sulfonamides is 1. The van der Waals surface area contributed by atoms with Crippen LogP contribution in [0, 0.1) is 0 Å². The van der Waals surface area contributed by atoms with Crippen LogP contribution in [0.5, 0.6) is 5.75 Å². The molecule has 8 nitrogen and oxygen atoms in total. The Balaban J connectivity index is 1.49. The third-order valence-corrected chi connectivity index (χ3v) is 7.73. The van der Waals surface area contributed by atoms with Crippen molar-refractivity contribution in [3.8, 4) is 16.9 Å². The molecule has 1 aromatic heterocycles. The lowest BCUT2D eigenvalue weighted by Gasteiger charge is -2.18. The highest BCUT2D eigenvalue weighted by Gasteiger charge is 2.29. The van der Waals surface area contributed by atoms with Gasteiger partial charge < -0.3 is 20.6 Å². The third kappa shape index (κ3) is 4.53. The third-order valence-electron chi connectivity index (χ3n) is 6.20. The number of benzene rings is 3. The van der Waals surface area contributed by atoms with E-state index in [0.717, 1.165) is 22.0 Å². The number of rotatable bonds is 8. The van der Waals surface area contributed by atoms with Gasteiger partial charge in [-0.3, -0.25) is 4.79 Å². The quantitative estimate of drug-likeness (QED) is 0.301. The summed E-state index contributed by atoms with van der Waals surface area (Å²) in [6, 6.07) is 17.1. The van der Waals surface area contributed by atoms with Gasteiger partial charge in [0, 0.05) is 35.1 Å². The van der Waals surface area contributed by atoms with Crippen LogP contribution in [0.15, 0.2) is 71.8 Å². The Bertz CT molecular complexity index is 1530. The van der Waals surface area contributed by atoms with Crippen LogP contribution in [0.2, 0.25) is 0 Å².